The molecule has 94 valence electrons. The summed E-state index contributed by atoms with van der Waals surface area (Å²) in [6.07, 6.45) is -3.31. The first kappa shape index (κ1) is 13.3. The van der Waals surface area contributed by atoms with E-state index in [0.29, 0.717) is 0 Å². The van der Waals surface area contributed by atoms with Crippen LogP contribution < -0.4 is 4.74 Å². The molecule has 7 heteroatoms. The van der Waals surface area contributed by atoms with Crippen molar-refractivity contribution in [2.24, 2.45) is 0 Å². The Morgan fingerprint density at radius 1 is 1.41 bits per heavy atom. The van der Waals surface area contributed by atoms with Crippen LogP contribution in [0.15, 0.2) is 18.3 Å². The van der Waals surface area contributed by atoms with Gasteiger partial charge in [0.2, 0.25) is 5.88 Å². The summed E-state index contributed by atoms with van der Waals surface area (Å²) in [5, 5.41) is 0. The molecule has 4 nitrogen and oxygen atoms in total. The lowest BCUT2D eigenvalue weighted by atomic mass is 10.3. The second-order valence-corrected chi connectivity index (χ2v) is 3.01. The topological polar surface area (TPSA) is 48.4 Å². The molecule has 0 aliphatic heterocycles. The lowest BCUT2D eigenvalue weighted by molar-refractivity contribution is -0.154. The van der Waals surface area contributed by atoms with Gasteiger partial charge in [0.25, 0.3) is 0 Å². The molecule has 0 aliphatic rings. The molecule has 0 amide bonds. The fraction of sp³-hybridized carbons (Fsp3) is 0.400. The third kappa shape index (κ3) is 4.71. The molecule has 0 aliphatic carbocycles. The summed E-state index contributed by atoms with van der Waals surface area (Å²) in [5.41, 5.74) is 0.159. The van der Waals surface area contributed by atoms with Crippen molar-refractivity contribution in [2.45, 2.75) is 13.1 Å². The van der Waals surface area contributed by atoms with Gasteiger partial charge in [-0.05, 0) is 13.0 Å². The van der Waals surface area contributed by atoms with Gasteiger partial charge >= 0.3 is 12.1 Å². The highest BCUT2D eigenvalue weighted by Crippen LogP contribution is 2.17. The second-order valence-electron chi connectivity index (χ2n) is 3.01. The van der Waals surface area contributed by atoms with Crippen molar-refractivity contribution in [1.82, 2.24) is 4.98 Å². The predicted octanol–water partition coefficient (Wildman–Crippen LogP) is 2.20. The Balaban J connectivity index is 2.59. The Kier molecular flexibility index (Phi) is 4.30. The van der Waals surface area contributed by atoms with Crippen LogP contribution in [-0.2, 0) is 4.74 Å². The van der Waals surface area contributed by atoms with E-state index in [2.05, 4.69) is 14.5 Å². The van der Waals surface area contributed by atoms with Crippen molar-refractivity contribution >= 4 is 5.97 Å². The first-order valence-corrected chi connectivity index (χ1v) is 4.75. The number of carbonyl (C=O) groups is 1. The number of hydrogen-bond donors (Lipinski definition) is 0. The van der Waals surface area contributed by atoms with Crippen LogP contribution in [0.4, 0.5) is 13.2 Å². The van der Waals surface area contributed by atoms with Gasteiger partial charge in [-0.2, -0.15) is 13.2 Å². The van der Waals surface area contributed by atoms with Crippen molar-refractivity contribution < 1.29 is 27.4 Å². The lowest BCUT2D eigenvalue weighted by Gasteiger charge is -2.08. The highest BCUT2D eigenvalue weighted by Gasteiger charge is 2.28. The molecule has 1 heterocycles. The molecule has 0 bridgehead atoms. The van der Waals surface area contributed by atoms with E-state index in [1.54, 1.807) is 6.92 Å². The molecule has 0 saturated carbocycles. The molecule has 0 N–H and O–H groups in total. The Morgan fingerprint density at radius 2 is 2.12 bits per heavy atom. The molecule has 1 aromatic heterocycles. The maximum atomic E-state index is 11.8. The van der Waals surface area contributed by atoms with Crippen LogP contribution in [0.2, 0.25) is 0 Å². The minimum atomic E-state index is -4.42. The van der Waals surface area contributed by atoms with Crippen LogP contribution >= 0.6 is 0 Å². The standard InChI is InChI=1S/C10H10F3NO3/c1-2-16-9(15)7-3-4-8(14-5-7)17-6-10(11,12)13/h3-5H,2,6H2,1H3. The summed E-state index contributed by atoms with van der Waals surface area (Å²) in [6, 6.07) is 2.47. The van der Waals surface area contributed by atoms with E-state index in [9.17, 15) is 18.0 Å². The molecule has 1 aromatic rings. The third-order valence-electron chi connectivity index (χ3n) is 1.63. The number of carbonyl (C=O) groups excluding carboxylic acids is 1. The maximum absolute atomic E-state index is 11.8. The van der Waals surface area contributed by atoms with Gasteiger partial charge in [-0.25, -0.2) is 9.78 Å². The highest BCUT2D eigenvalue weighted by molar-refractivity contribution is 5.89. The van der Waals surface area contributed by atoms with Crippen LogP contribution in [-0.4, -0.2) is 30.3 Å². The van der Waals surface area contributed by atoms with E-state index < -0.39 is 18.8 Å². The van der Waals surface area contributed by atoms with E-state index >= 15 is 0 Å². The van der Waals surface area contributed by atoms with Gasteiger partial charge in [0.1, 0.15) is 0 Å². The van der Waals surface area contributed by atoms with Crippen LogP contribution in [0.25, 0.3) is 0 Å². The molecule has 17 heavy (non-hydrogen) atoms. The maximum Gasteiger partial charge on any atom is 0.422 e. The molecule has 1 rings (SSSR count). The Morgan fingerprint density at radius 3 is 2.59 bits per heavy atom. The van der Waals surface area contributed by atoms with E-state index in [4.69, 9.17) is 0 Å². The van der Waals surface area contributed by atoms with Crippen LogP contribution in [0, 0.1) is 0 Å². The molecular weight excluding hydrogens is 239 g/mol. The van der Waals surface area contributed by atoms with Gasteiger partial charge < -0.3 is 9.47 Å². The third-order valence-corrected chi connectivity index (χ3v) is 1.63. The number of rotatable bonds is 4. The number of nitrogens with zero attached hydrogens (tertiary/aromatic N) is 1. The fourth-order valence-electron chi connectivity index (χ4n) is 0.957. The number of hydrogen-bond acceptors (Lipinski definition) is 4. The number of halogens is 3. The van der Waals surface area contributed by atoms with Crippen LogP contribution in [0.3, 0.4) is 0 Å². The Hall–Kier alpha value is -1.79. The summed E-state index contributed by atoms with van der Waals surface area (Å²) >= 11 is 0. The van der Waals surface area contributed by atoms with Gasteiger partial charge in [0.15, 0.2) is 6.61 Å². The number of aromatic nitrogens is 1. The predicted molar refractivity (Wildman–Crippen MR) is 51.7 cm³/mol. The van der Waals surface area contributed by atoms with Gasteiger partial charge in [0.05, 0.1) is 12.2 Å². The molecule has 0 radical (unpaired) electrons. The first-order valence-electron chi connectivity index (χ1n) is 4.75. The van der Waals surface area contributed by atoms with Crippen LogP contribution in [0.1, 0.15) is 17.3 Å². The minimum Gasteiger partial charge on any atom is -0.468 e. The van der Waals surface area contributed by atoms with E-state index in [0.717, 1.165) is 6.20 Å². The fourth-order valence-corrected chi connectivity index (χ4v) is 0.957. The van der Waals surface area contributed by atoms with Gasteiger partial charge in [-0.15, -0.1) is 0 Å². The van der Waals surface area contributed by atoms with Crippen LogP contribution in [0.5, 0.6) is 5.88 Å². The van der Waals surface area contributed by atoms with Crippen molar-refractivity contribution in [3.8, 4) is 5.88 Å². The molecule has 0 unspecified atom stereocenters. The number of ether oxygens (including phenoxy) is 2. The Labute approximate surface area is 95.4 Å². The summed E-state index contributed by atoms with van der Waals surface area (Å²) in [5.74, 6) is -0.780. The zero-order valence-electron chi connectivity index (χ0n) is 8.95. The van der Waals surface area contributed by atoms with E-state index in [-0.39, 0.29) is 18.1 Å². The molecule has 0 saturated heterocycles. The number of pyridine rings is 1. The smallest absolute Gasteiger partial charge is 0.422 e. The summed E-state index contributed by atoms with van der Waals surface area (Å²) in [6.45, 7) is 0.441. The number of alkyl halides is 3. The lowest BCUT2D eigenvalue weighted by Crippen LogP contribution is -2.19. The van der Waals surface area contributed by atoms with E-state index in [1.807, 2.05) is 0 Å². The van der Waals surface area contributed by atoms with Crippen molar-refractivity contribution in [2.75, 3.05) is 13.2 Å². The second kappa shape index (κ2) is 5.51. The quantitative estimate of drug-likeness (QED) is 0.767. The van der Waals surface area contributed by atoms with E-state index in [1.165, 1.54) is 12.1 Å². The van der Waals surface area contributed by atoms with Crippen molar-refractivity contribution in [3.63, 3.8) is 0 Å². The SMILES string of the molecule is CCOC(=O)c1ccc(OCC(F)(F)F)nc1. The molecule has 0 spiro atoms. The normalized spacial score (nSPS) is 11.1. The number of esters is 1. The molecule has 0 atom stereocenters. The highest BCUT2D eigenvalue weighted by atomic mass is 19.4. The molecular formula is C10H10F3NO3. The zero-order chi connectivity index (χ0) is 12.9. The van der Waals surface area contributed by atoms with Gasteiger partial charge in [-0.3, -0.25) is 0 Å². The molecule has 0 fully saturated rings. The monoisotopic (exact) mass is 249 g/mol. The van der Waals surface area contributed by atoms with Gasteiger partial charge in [-0.1, -0.05) is 0 Å². The average molecular weight is 249 g/mol. The molecule has 0 aromatic carbocycles. The average Bonchev–Trinajstić information content (AvgIpc) is 2.26. The summed E-state index contributed by atoms with van der Waals surface area (Å²) in [4.78, 5) is 14.8. The summed E-state index contributed by atoms with van der Waals surface area (Å²) < 4.78 is 44.5. The zero-order valence-corrected chi connectivity index (χ0v) is 8.95. The van der Waals surface area contributed by atoms with Crippen molar-refractivity contribution in [1.29, 1.82) is 0 Å². The summed E-state index contributed by atoms with van der Waals surface area (Å²) in [7, 11) is 0. The first-order chi connectivity index (χ1) is 7.92. The van der Waals surface area contributed by atoms with Gasteiger partial charge in [0, 0.05) is 12.3 Å². The minimum absolute atomic E-state index is 0.159. The Bertz CT molecular complexity index is 375. The van der Waals surface area contributed by atoms with Crippen molar-refractivity contribution in [3.05, 3.63) is 23.9 Å². The largest absolute Gasteiger partial charge is 0.468 e.